The second-order valence-electron chi connectivity index (χ2n) is 1.90. The molecule has 0 saturated heterocycles. The number of aliphatic carboxylic acids is 2. The van der Waals surface area contributed by atoms with Crippen LogP contribution in [0.4, 0.5) is 0 Å². The Labute approximate surface area is 82.7 Å². The summed E-state index contributed by atoms with van der Waals surface area (Å²) in [5.41, 5.74) is 4.47. The van der Waals surface area contributed by atoms with Crippen LogP contribution in [0.1, 0.15) is 33.6 Å². The van der Waals surface area contributed by atoms with Gasteiger partial charge in [0, 0.05) is 6.92 Å². The van der Waals surface area contributed by atoms with Gasteiger partial charge in [0.2, 0.25) is 5.91 Å². The number of primary amides is 1. The van der Waals surface area contributed by atoms with Gasteiger partial charge >= 0.3 is 11.9 Å². The molecular weight excluding hydrogens is 190 g/mol. The SMILES string of the molecule is CC.CC(N)=O.O=C(O)CCC(=O)O. The van der Waals surface area contributed by atoms with E-state index < -0.39 is 11.9 Å². The van der Waals surface area contributed by atoms with Crippen LogP contribution in [-0.2, 0) is 14.4 Å². The number of amides is 1. The number of carboxylic acid groups (broad SMARTS) is 2. The molecule has 84 valence electrons. The zero-order valence-electron chi connectivity index (χ0n) is 8.61. The van der Waals surface area contributed by atoms with Gasteiger partial charge in [0.1, 0.15) is 0 Å². The molecular formula is C8H17NO5. The molecule has 0 spiro atoms. The highest BCUT2D eigenvalue weighted by molar-refractivity contribution is 5.75. The lowest BCUT2D eigenvalue weighted by Gasteiger charge is -1.85. The number of rotatable bonds is 3. The maximum atomic E-state index is 9.64. The van der Waals surface area contributed by atoms with Gasteiger partial charge in [0.25, 0.3) is 0 Å². The van der Waals surface area contributed by atoms with Crippen molar-refractivity contribution in [3.8, 4) is 0 Å². The predicted octanol–water partition coefficient (Wildman–Crippen LogP) is 0.454. The number of carbonyl (C=O) groups excluding carboxylic acids is 1. The lowest BCUT2D eigenvalue weighted by molar-refractivity contribution is -0.143. The smallest absolute Gasteiger partial charge is 0.303 e. The van der Waals surface area contributed by atoms with Gasteiger partial charge in [-0.25, -0.2) is 0 Å². The Balaban J connectivity index is -0.000000170. The number of carbonyl (C=O) groups is 3. The third-order valence-corrected chi connectivity index (χ3v) is 0.553. The van der Waals surface area contributed by atoms with Crippen LogP contribution >= 0.6 is 0 Å². The van der Waals surface area contributed by atoms with Gasteiger partial charge < -0.3 is 15.9 Å². The number of nitrogens with two attached hydrogens (primary N) is 1. The summed E-state index contributed by atoms with van der Waals surface area (Å²) in [5, 5.41) is 15.8. The second-order valence-corrected chi connectivity index (χ2v) is 1.90. The van der Waals surface area contributed by atoms with E-state index in [9.17, 15) is 14.4 Å². The average Bonchev–Trinajstić information content (AvgIpc) is 2.03. The molecule has 0 aliphatic heterocycles. The highest BCUT2D eigenvalue weighted by Crippen LogP contribution is 1.86. The standard InChI is InChI=1S/C4H6O4.C2H5NO.C2H6/c5-3(6)1-2-4(7)8;1-2(3)4;1-2/h1-2H2,(H,5,6)(H,7,8);1H3,(H2,3,4);1-2H3. The van der Waals surface area contributed by atoms with Crippen LogP contribution < -0.4 is 5.73 Å². The van der Waals surface area contributed by atoms with Crippen LogP contribution in [-0.4, -0.2) is 28.1 Å². The van der Waals surface area contributed by atoms with E-state index in [0.29, 0.717) is 0 Å². The predicted molar refractivity (Wildman–Crippen MR) is 50.7 cm³/mol. The van der Waals surface area contributed by atoms with Crippen molar-refractivity contribution in [3.05, 3.63) is 0 Å². The Morgan fingerprint density at radius 1 is 1.00 bits per heavy atom. The fourth-order valence-electron chi connectivity index (χ4n) is 0.214. The van der Waals surface area contributed by atoms with Crippen LogP contribution in [0.15, 0.2) is 0 Å². The van der Waals surface area contributed by atoms with Crippen LogP contribution in [0.3, 0.4) is 0 Å². The minimum atomic E-state index is -1.08. The van der Waals surface area contributed by atoms with E-state index in [1.807, 2.05) is 13.8 Å². The average molecular weight is 207 g/mol. The zero-order chi connectivity index (χ0) is 12.1. The highest BCUT2D eigenvalue weighted by Gasteiger charge is 2.00. The largest absolute Gasteiger partial charge is 0.481 e. The summed E-state index contributed by atoms with van der Waals surface area (Å²) >= 11 is 0. The van der Waals surface area contributed by atoms with Crippen molar-refractivity contribution in [1.82, 2.24) is 0 Å². The van der Waals surface area contributed by atoms with Crippen molar-refractivity contribution in [2.45, 2.75) is 33.6 Å². The van der Waals surface area contributed by atoms with Gasteiger partial charge in [-0.15, -0.1) is 0 Å². The van der Waals surface area contributed by atoms with Gasteiger partial charge in [-0.05, 0) is 0 Å². The molecule has 0 aromatic heterocycles. The maximum absolute atomic E-state index is 9.64. The molecule has 0 unspecified atom stereocenters. The summed E-state index contributed by atoms with van der Waals surface area (Å²) in [6.07, 6.45) is -0.593. The molecule has 0 bridgehead atoms. The summed E-state index contributed by atoms with van der Waals surface area (Å²) in [6, 6.07) is 0. The Morgan fingerprint density at radius 3 is 1.21 bits per heavy atom. The normalized spacial score (nSPS) is 7.07. The van der Waals surface area contributed by atoms with E-state index in [1.165, 1.54) is 6.92 Å². The summed E-state index contributed by atoms with van der Waals surface area (Å²) in [5.74, 6) is -2.49. The first-order valence-electron chi connectivity index (χ1n) is 4.06. The van der Waals surface area contributed by atoms with Gasteiger partial charge in [-0.3, -0.25) is 14.4 Å². The minimum Gasteiger partial charge on any atom is -0.481 e. The summed E-state index contributed by atoms with van der Waals surface area (Å²) in [4.78, 5) is 28.5. The second kappa shape index (κ2) is 14.0. The molecule has 14 heavy (non-hydrogen) atoms. The van der Waals surface area contributed by atoms with Crippen molar-refractivity contribution in [2.75, 3.05) is 0 Å². The molecule has 0 heterocycles. The van der Waals surface area contributed by atoms with Gasteiger partial charge in [0.15, 0.2) is 0 Å². The van der Waals surface area contributed by atoms with Gasteiger partial charge in [0.05, 0.1) is 12.8 Å². The summed E-state index contributed by atoms with van der Waals surface area (Å²) in [7, 11) is 0. The van der Waals surface area contributed by atoms with E-state index in [4.69, 9.17) is 10.2 Å². The molecule has 0 saturated carbocycles. The number of hydrogen-bond acceptors (Lipinski definition) is 3. The molecule has 0 radical (unpaired) electrons. The van der Waals surface area contributed by atoms with E-state index in [1.54, 1.807) is 0 Å². The zero-order valence-corrected chi connectivity index (χ0v) is 8.61. The Kier molecular flexibility index (Phi) is 18.2. The Bertz CT molecular complexity index is 161. The van der Waals surface area contributed by atoms with E-state index in [0.717, 1.165) is 0 Å². The van der Waals surface area contributed by atoms with Crippen LogP contribution in [0.2, 0.25) is 0 Å². The van der Waals surface area contributed by atoms with Crippen molar-refractivity contribution in [3.63, 3.8) is 0 Å². The fourth-order valence-corrected chi connectivity index (χ4v) is 0.214. The number of hydrogen-bond donors (Lipinski definition) is 3. The molecule has 4 N–H and O–H groups in total. The van der Waals surface area contributed by atoms with Crippen molar-refractivity contribution in [2.24, 2.45) is 5.73 Å². The molecule has 0 fully saturated rings. The van der Waals surface area contributed by atoms with Crippen molar-refractivity contribution in [1.29, 1.82) is 0 Å². The quantitative estimate of drug-likeness (QED) is 0.621. The topological polar surface area (TPSA) is 118 Å². The van der Waals surface area contributed by atoms with Crippen LogP contribution in [0.5, 0.6) is 0 Å². The third kappa shape index (κ3) is 79.3. The molecule has 1 amide bonds. The Morgan fingerprint density at radius 2 is 1.14 bits per heavy atom. The fraction of sp³-hybridized carbons (Fsp3) is 0.625. The molecule has 0 rings (SSSR count). The summed E-state index contributed by atoms with van der Waals surface area (Å²) in [6.45, 7) is 5.31. The van der Waals surface area contributed by atoms with Gasteiger partial charge in [-0.1, -0.05) is 13.8 Å². The van der Waals surface area contributed by atoms with Gasteiger partial charge in [-0.2, -0.15) is 0 Å². The molecule has 6 heteroatoms. The highest BCUT2D eigenvalue weighted by atomic mass is 16.4. The van der Waals surface area contributed by atoms with Crippen molar-refractivity contribution >= 4 is 17.8 Å². The third-order valence-electron chi connectivity index (χ3n) is 0.553. The van der Waals surface area contributed by atoms with E-state index in [2.05, 4.69) is 5.73 Å². The van der Waals surface area contributed by atoms with Crippen LogP contribution in [0.25, 0.3) is 0 Å². The molecule has 0 aromatic carbocycles. The lowest BCUT2D eigenvalue weighted by atomic mass is 10.3. The summed E-state index contributed by atoms with van der Waals surface area (Å²) < 4.78 is 0. The first-order valence-corrected chi connectivity index (χ1v) is 4.06. The molecule has 6 nitrogen and oxygen atoms in total. The van der Waals surface area contributed by atoms with E-state index in [-0.39, 0.29) is 18.7 Å². The molecule has 0 aromatic rings. The van der Waals surface area contributed by atoms with E-state index >= 15 is 0 Å². The Hall–Kier alpha value is -1.59. The number of carboxylic acids is 2. The molecule has 0 atom stereocenters. The molecule has 0 aliphatic carbocycles. The monoisotopic (exact) mass is 207 g/mol. The van der Waals surface area contributed by atoms with Crippen LogP contribution in [0, 0.1) is 0 Å². The molecule has 0 aliphatic rings. The lowest BCUT2D eigenvalue weighted by Crippen LogP contribution is -2.01. The first-order chi connectivity index (χ1) is 6.36. The van der Waals surface area contributed by atoms with Crippen molar-refractivity contribution < 1.29 is 24.6 Å². The maximum Gasteiger partial charge on any atom is 0.303 e. The first kappa shape index (κ1) is 18.2. The minimum absolute atomic E-state index is 0.296.